The molecule has 6 rings (SSSR count). The van der Waals surface area contributed by atoms with Crippen LogP contribution in [0.2, 0.25) is 0 Å². The van der Waals surface area contributed by atoms with E-state index in [2.05, 4.69) is 20.5 Å². The Balaban J connectivity index is 0.00000173. The number of aromatic nitrogens is 1. The number of rotatable bonds is 7. The quantitative estimate of drug-likeness (QED) is 0.404. The number of nitrogens with zero attached hydrogens (tertiary/aromatic N) is 3. The fraction of sp³-hybridized carbons (Fsp3) is 0.375. The third kappa shape index (κ3) is 5.55. The van der Waals surface area contributed by atoms with E-state index in [1.165, 1.54) is 4.90 Å². The molecule has 3 aromatic rings. The molecule has 1 unspecified atom stereocenters. The van der Waals surface area contributed by atoms with Gasteiger partial charge in [0.2, 0.25) is 18.2 Å². The van der Waals surface area contributed by atoms with Crippen molar-refractivity contribution in [3.63, 3.8) is 0 Å². The molecule has 2 aromatic carbocycles. The molecule has 1 aromatic heterocycles. The molecule has 220 valence electrons. The molecule has 1 saturated heterocycles. The average molecular weight is 588 g/mol. The van der Waals surface area contributed by atoms with Crippen LogP contribution in [0.15, 0.2) is 60.8 Å². The van der Waals surface area contributed by atoms with Gasteiger partial charge in [-0.3, -0.25) is 18.6 Å². The highest BCUT2D eigenvalue weighted by Crippen LogP contribution is 2.47. The summed E-state index contributed by atoms with van der Waals surface area (Å²) in [5.74, 6) is 1.60. The molecule has 1 fully saturated rings. The maximum absolute atomic E-state index is 13.1. The number of benzene rings is 2. The van der Waals surface area contributed by atoms with Crippen LogP contribution in [0.5, 0.6) is 0 Å². The van der Waals surface area contributed by atoms with Crippen LogP contribution in [-0.4, -0.2) is 58.6 Å². The molecular formula is C32H37N5O4S. The van der Waals surface area contributed by atoms with Gasteiger partial charge in [-0.05, 0) is 67.1 Å². The summed E-state index contributed by atoms with van der Waals surface area (Å²) in [6.07, 6.45) is 5.11. The summed E-state index contributed by atoms with van der Waals surface area (Å²) in [4.78, 5) is 46.1. The lowest BCUT2D eigenvalue weighted by atomic mass is 9.79. The van der Waals surface area contributed by atoms with Gasteiger partial charge in [0, 0.05) is 52.8 Å². The number of hydrogen-bond acceptors (Lipinski definition) is 6. The summed E-state index contributed by atoms with van der Waals surface area (Å²) in [5, 5.41) is 5.85. The van der Waals surface area contributed by atoms with Crippen LogP contribution in [-0.2, 0) is 43.4 Å². The summed E-state index contributed by atoms with van der Waals surface area (Å²) in [6, 6.07) is 17.3. The highest BCUT2D eigenvalue weighted by atomic mass is 32.2. The zero-order valence-electron chi connectivity index (χ0n) is 24.3. The monoisotopic (exact) mass is 587 g/mol. The summed E-state index contributed by atoms with van der Waals surface area (Å²) >= 11 is 0. The topological polar surface area (TPSA) is 112 Å². The summed E-state index contributed by atoms with van der Waals surface area (Å²) in [7, 11) is 1.22. The van der Waals surface area contributed by atoms with Gasteiger partial charge in [-0.2, -0.15) is 0 Å². The normalized spacial score (nSPS) is 21.8. The minimum atomic E-state index is -0.760. The molecule has 42 heavy (non-hydrogen) atoms. The highest BCUT2D eigenvalue weighted by Gasteiger charge is 2.51. The van der Waals surface area contributed by atoms with E-state index < -0.39 is 16.2 Å². The van der Waals surface area contributed by atoms with Crippen LogP contribution in [0.4, 0.5) is 22.9 Å². The fourth-order valence-corrected chi connectivity index (χ4v) is 7.52. The van der Waals surface area contributed by atoms with Crippen molar-refractivity contribution in [2.45, 2.75) is 51.0 Å². The molecule has 1 spiro atoms. The van der Waals surface area contributed by atoms with Crippen LogP contribution < -0.4 is 20.4 Å². The number of carbonyl (C=O) groups excluding carboxylic acids is 3. The minimum Gasteiger partial charge on any atom is -0.370 e. The van der Waals surface area contributed by atoms with Crippen molar-refractivity contribution >= 4 is 51.9 Å². The van der Waals surface area contributed by atoms with Gasteiger partial charge in [0.15, 0.2) is 0 Å². The van der Waals surface area contributed by atoms with Crippen LogP contribution in [0.25, 0.3) is 0 Å². The second-order valence-electron chi connectivity index (χ2n) is 10.7. The number of amides is 3. The van der Waals surface area contributed by atoms with E-state index in [0.717, 1.165) is 35.2 Å². The first-order chi connectivity index (χ1) is 20.4. The Labute approximate surface area is 249 Å². The zero-order chi connectivity index (χ0) is 29.9. The van der Waals surface area contributed by atoms with Crippen molar-refractivity contribution in [2.75, 3.05) is 45.5 Å². The van der Waals surface area contributed by atoms with Crippen LogP contribution in [0.1, 0.15) is 43.4 Å². The van der Waals surface area contributed by atoms with Crippen molar-refractivity contribution in [2.24, 2.45) is 0 Å². The minimum absolute atomic E-state index is 0.0465. The maximum atomic E-state index is 13.1. The SMILES string of the molecule is CC.CN(c1ccccc1N(C=O)CC(=O)Nc1ccc2c(c1)CC1(C2)C(=O)Nc2ncccc21)C1CCS(=O)CC1. The van der Waals surface area contributed by atoms with Gasteiger partial charge in [-0.15, -0.1) is 0 Å². The zero-order valence-corrected chi connectivity index (χ0v) is 25.1. The smallest absolute Gasteiger partial charge is 0.244 e. The molecule has 3 heterocycles. The average Bonchev–Trinajstić information content (AvgIpc) is 3.53. The van der Waals surface area contributed by atoms with Gasteiger partial charge >= 0.3 is 0 Å². The standard InChI is InChI=1S/C30H31N5O4S.C2H6/c1-34(23-10-13-40(39)14-11-23)25-6-2-3-7-26(25)35(19-36)18-27(37)32-22-9-8-20-16-30(17-21(20)15-22)24-5-4-12-31-28(24)33-29(30)38;1-2/h2-9,12,15,19,23H,10-11,13-14,16-18H2,1H3,(H,32,37)(H,31,33,38);1-2H3. The predicted molar refractivity (Wildman–Crippen MR) is 168 cm³/mol. The summed E-state index contributed by atoms with van der Waals surface area (Å²) < 4.78 is 11.8. The third-order valence-electron chi connectivity index (χ3n) is 8.38. The van der Waals surface area contributed by atoms with E-state index >= 15 is 0 Å². The Morgan fingerprint density at radius 3 is 2.52 bits per heavy atom. The maximum Gasteiger partial charge on any atom is 0.244 e. The van der Waals surface area contributed by atoms with Crippen LogP contribution >= 0.6 is 0 Å². The number of carbonyl (C=O) groups is 3. The van der Waals surface area contributed by atoms with Gasteiger partial charge in [0.1, 0.15) is 12.4 Å². The van der Waals surface area contributed by atoms with Gasteiger partial charge in [0.05, 0.1) is 16.8 Å². The van der Waals surface area contributed by atoms with Crippen LogP contribution in [0, 0.1) is 0 Å². The second-order valence-corrected chi connectivity index (χ2v) is 12.4. The first-order valence-electron chi connectivity index (χ1n) is 14.5. The Morgan fingerprint density at radius 1 is 1.07 bits per heavy atom. The number of nitrogens with one attached hydrogen (secondary N) is 2. The molecule has 2 N–H and O–H groups in total. The molecule has 0 saturated carbocycles. The lowest BCUT2D eigenvalue weighted by molar-refractivity contribution is -0.120. The van der Waals surface area contributed by atoms with Gasteiger partial charge in [-0.25, -0.2) is 4.98 Å². The van der Waals surface area contributed by atoms with Crippen molar-refractivity contribution < 1.29 is 18.6 Å². The Morgan fingerprint density at radius 2 is 1.79 bits per heavy atom. The lowest BCUT2D eigenvalue weighted by Crippen LogP contribution is -2.39. The van der Waals surface area contributed by atoms with Crippen molar-refractivity contribution in [1.82, 2.24) is 4.98 Å². The van der Waals surface area contributed by atoms with Gasteiger partial charge < -0.3 is 20.4 Å². The number of para-hydroxylation sites is 2. The van der Waals surface area contributed by atoms with E-state index in [4.69, 9.17) is 0 Å². The summed E-state index contributed by atoms with van der Waals surface area (Å²) in [6.45, 7) is 3.85. The number of hydrogen-bond donors (Lipinski definition) is 2. The molecule has 1 aliphatic carbocycles. The lowest BCUT2D eigenvalue weighted by Gasteiger charge is -2.35. The van der Waals surface area contributed by atoms with E-state index in [1.807, 2.05) is 75.5 Å². The second kappa shape index (κ2) is 12.4. The first-order valence-corrected chi connectivity index (χ1v) is 15.9. The number of pyridine rings is 1. The molecular weight excluding hydrogens is 550 g/mol. The molecule has 0 radical (unpaired) electrons. The predicted octanol–water partition coefficient (Wildman–Crippen LogP) is 4.05. The fourth-order valence-electron chi connectivity index (χ4n) is 6.25. The van der Waals surface area contributed by atoms with E-state index in [-0.39, 0.29) is 24.4 Å². The molecule has 3 aliphatic rings. The van der Waals surface area contributed by atoms with E-state index in [0.29, 0.717) is 48.0 Å². The molecule has 1 atom stereocenters. The highest BCUT2D eigenvalue weighted by molar-refractivity contribution is 7.85. The number of anilines is 4. The molecule has 0 bridgehead atoms. The van der Waals surface area contributed by atoms with Crippen LogP contribution in [0.3, 0.4) is 0 Å². The van der Waals surface area contributed by atoms with Gasteiger partial charge in [0.25, 0.3) is 0 Å². The van der Waals surface area contributed by atoms with Crippen molar-refractivity contribution in [3.8, 4) is 0 Å². The van der Waals surface area contributed by atoms with Crippen molar-refractivity contribution in [3.05, 3.63) is 77.5 Å². The first kappa shape index (κ1) is 29.4. The Kier molecular flexibility index (Phi) is 8.72. The largest absolute Gasteiger partial charge is 0.370 e. The summed E-state index contributed by atoms with van der Waals surface area (Å²) in [5.41, 5.74) is 4.45. The van der Waals surface area contributed by atoms with E-state index in [9.17, 15) is 18.6 Å². The molecule has 9 nitrogen and oxygen atoms in total. The van der Waals surface area contributed by atoms with E-state index in [1.54, 1.807) is 6.20 Å². The van der Waals surface area contributed by atoms with Crippen molar-refractivity contribution in [1.29, 1.82) is 0 Å². The molecule has 2 aliphatic heterocycles. The number of fused-ring (bicyclic) bond motifs is 3. The third-order valence-corrected chi connectivity index (χ3v) is 9.76. The Hall–Kier alpha value is -4.05. The molecule has 3 amide bonds. The molecule has 10 heteroatoms. The Bertz CT molecular complexity index is 1520. The van der Waals surface area contributed by atoms with Gasteiger partial charge in [-0.1, -0.05) is 38.1 Å².